The van der Waals surface area contributed by atoms with Crippen molar-refractivity contribution >= 4 is 23.0 Å². The highest BCUT2D eigenvalue weighted by Crippen LogP contribution is 2.39. The van der Waals surface area contributed by atoms with Crippen molar-refractivity contribution in [3.05, 3.63) is 40.7 Å². The second-order valence-corrected chi connectivity index (χ2v) is 7.96. The molecule has 1 aliphatic rings. The van der Waals surface area contributed by atoms with Crippen molar-refractivity contribution in [1.29, 1.82) is 0 Å². The maximum absolute atomic E-state index is 13.8. The van der Waals surface area contributed by atoms with Crippen LogP contribution in [0.1, 0.15) is 42.2 Å². The number of hydrogen-bond donors (Lipinski definition) is 1. The first-order valence-electron chi connectivity index (χ1n) is 9.24. The molecule has 2 heterocycles. The molecule has 0 spiro atoms. The average Bonchev–Trinajstić information content (AvgIpc) is 2.96. The molecule has 0 radical (unpaired) electrons. The number of rotatable bonds is 6. The molecule has 2 atom stereocenters. The van der Waals surface area contributed by atoms with Gasteiger partial charge in [0.15, 0.2) is 0 Å². The van der Waals surface area contributed by atoms with Crippen molar-refractivity contribution in [3.8, 4) is 0 Å². The number of hydrogen-bond acceptors (Lipinski definition) is 2. The Kier molecular flexibility index (Phi) is 6.06. The molecule has 27 heavy (non-hydrogen) atoms. The van der Waals surface area contributed by atoms with Gasteiger partial charge in [-0.2, -0.15) is 0 Å². The number of alkyl halides is 2. The van der Waals surface area contributed by atoms with E-state index in [-0.39, 0.29) is 37.1 Å². The fraction of sp³-hybridized carbons (Fsp3) is 0.550. The van der Waals surface area contributed by atoms with Gasteiger partial charge in [0.2, 0.25) is 5.92 Å². The quantitative estimate of drug-likeness (QED) is 0.773. The van der Waals surface area contributed by atoms with Crippen LogP contribution in [-0.4, -0.2) is 36.5 Å². The molecule has 0 aliphatic heterocycles. The Morgan fingerprint density at radius 1 is 1.44 bits per heavy atom. The van der Waals surface area contributed by atoms with Gasteiger partial charge in [-0.05, 0) is 36.5 Å². The van der Waals surface area contributed by atoms with Crippen molar-refractivity contribution in [2.45, 2.75) is 38.5 Å². The summed E-state index contributed by atoms with van der Waals surface area (Å²) in [5.74, 6) is -3.19. The van der Waals surface area contributed by atoms with Crippen LogP contribution < -0.4 is 5.32 Å². The predicted octanol–water partition coefficient (Wildman–Crippen LogP) is 4.58. The fourth-order valence-electron chi connectivity index (χ4n) is 4.10. The zero-order chi connectivity index (χ0) is 19.6. The van der Waals surface area contributed by atoms with Crippen LogP contribution in [-0.2, 0) is 11.2 Å². The maximum atomic E-state index is 13.8. The van der Waals surface area contributed by atoms with E-state index in [1.165, 1.54) is 0 Å². The Bertz CT molecular complexity index is 822. The van der Waals surface area contributed by atoms with Gasteiger partial charge in [0.1, 0.15) is 0 Å². The minimum absolute atomic E-state index is 0.0407. The molecule has 1 N–H and O–H groups in total. The van der Waals surface area contributed by atoms with Crippen LogP contribution in [0, 0.1) is 11.8 Å². The highest BCUT2D eigenvalue weighted by Gasteiger charge is 2.39. The Labute approximate surface area is 162 Å². The molecule has 1 amide bonds. The number of nitrogens with one attached hydrogen (secondary N) is 1. The molecule has 2 unspecified atom stereocenters. The lowest BCUT2D eigenvalue weighted by Gasteiger charge is -2.33. The molecule has 0 bridgehead atoms. The van der Waals surface area contributed by atoms with E-state index in [9.17, 15) is 13.6 Å². The molecule has 7 heteroatoms. The number of amides is 1. The van der Waals surface area contributed by atoms with Crippen LogP contribution in [0.15, 0.2) is 24.4 Å². The van der Waals surface area contributed by atoms with E-state index in [0.717, 1.165) is 5.69 Å². The Morgan fingerprint density at radius 3 is 2.93 bits per heavy atom. The molecular weight excluding hydrogens is 374 g/mol. The van der Waals surface area contributed by atoms with E-state index in [1.54, 1.807) is 19.2 Å². The summed E-state index contributed by atoms with van der Waals surface area (Å²) in [5.41, 5.74) is 2.00. The number of pyridine rings is 1. The predicted molar refractivity (Wildman–Crippen MR) is 102 cm³/mol. The summed E-state index contributed by atoms with van der Waals surface area (Å²) in [7, 11) is 1.62. The molecule has 1 fully saturated rings. The summed E-state index contributed by atoms with van der Waals surface area (Å²) in [5, 5.41) is 3.32. The van der Waals surface area contributed by atoms with E-state index in [2.05, 4.69) is 5.32 Å². The monoisotopic (exact) mass is 398 g/mol. The van der Waals surface area contributed by atoms with Crippen molar-refractivity contribution in [1.82, 2.24) is 9.72 Å². The number of carbonyl (C=O) groups excluding carboxylic acids is 1. The van der Waals surface area contributed by atoms with E-state index in [0.29, 0.717) is 35.6 Å². The highest BCUT2D eigenvalue weighted by molar-refractivity contribution is 6.34. The lowest BCUT2D eigenvalue weighted by atomic mass is 9.80. The number of nitrogens with zero attached hydrogens (tertiary/aromatic N) is 1. The number of halogens is 3. The van der Waals surface area contributed by atoms with Gasteiger partial charge in [-0.1, -0.05) is 18.5 Å². The Hall–Kier alpha value is -1.66. The van der Waals surface area contributed by atoms with Gasteiger partial charge in [0.05, 0.1) is 22.7 Å². The summed E-state index contributed by atoms with van der Waals surface area (Å²) in [6.45, 7) is 2.60. The molecule has 4 nitrogen and oxygen atoms in total. The Balaban J connectivity index is 1.77. The standard InChI is InChI=1S/C20H25ClF2N2O2/c1-13-8-14(11-20(22,23)10-13)12-24-19(26)16-9-15(5-7-27-2)25-6-3-4-17(21)18(16)25/h3-4,6,9,13-14H,5,7-8,10-12H2,1-2H3,(H,24,26). The maximum Gasteiger partial charge on any atom is 0.253 e. The van der Waals surface area contributed by atoms with Crippen LogP contribution >= 0.6 is 11.6 Å². The number of carbonyl (C=O) groups is 1. The Morgan fingerprint density at radius 2 is 2.22 bits per heavy atom. The molecule has 2 aromatic heterocycles. The molecule has 3 rings (SSSR count). The number of ether oxygens (including phenoxy) is 1. The lowest BCUT2D eigenvalue weighted by molar-refractivity contribution is -0.0685. The first-order chi connectivity index (χ1) is 12.8. The third kappa shape index (κ3) is 4.61. The van der Waals surface area contributed by atoms with E-state index < -0.39 is 5.92 Å². The largest absolute Gasteiger partial charge is 0.384 e. The van der Waals surface area contributed by atoms with Crippen molar-refractivity contribution in [2.75, 3.05) is 20.3 Å². The molecule has 2 aromatic rings. The fourth-order valence-corrected chi connectivity index (χ4v) is 4.36. The van der Waals surface area contributed by atoms with E-state index >= 15 is 0 Å². The molecule has 0 aromatic carbocycles. The molecule has 1 saturated carbocycles. The summed E-state index contributed by atoms with van der Waals surface area (Å²) in [4.78, 5) is 12.8. The van der Waals surface area contributed by atoms with Gasteiger partial charge < -0.3 is 14.5 Å². The normalized spacial score (nSPS) is 22.1. The van der Waals surface area contributed by atoms with E-state index in [1.807, 2.05) is 23.6 Å². The van der Waals surface area contributed by atoms with Gasteiger partial charge in [-0.3, -0.25) is 4.79 Å². The zero-order valence-electron chi connectivity index (χ0n) is 15.6. The number of methoxy groups -OCH3 is 1. The van der Waals surface area contributed by atoms with E-state index in [4.69, 9.17) is 16.3 Å². The first-order valence-corrected chi connectivity index (χ1v) is 9.62. The second kappa shape index (κ2) is 8.15. The van der Waals surface area contributed by atoms with Gasteiger partial charge in [-0.25, -0.2) is 8.78 Å². The van der Waals surface area contributed by atoms with Crippen molar-refractivity contribution in [3.63, 3.8) is 0 Å². The summed E-state index contributed by atoms with van der Waals surface area (Å²) in [6, 6.07) is 5.35. The van der Waals surface area contributed by atoms with Crippen LogP contribution in [0.3, 0.4) is 0 Å². The third-order valence-corrected chi connectivity index (χ3v) is 5.45. The smallest absolute Gasteiger partial charge is 0.253 e. The lowest BCUT2D eigenvalue weighted by Crippen LogP contribution is -2.37. The topological polar surface area (TPSA) is 42.7 Å². The van der Waals surface area contributed by atoms with Crippen LogP contribution in [0.4, 0.5) is 8.78 Å². The summed E-state index contributed by atoms with van der Waals surface area (Å²) >= 11 is 6.33. The minimum atomic E-state index is -2.65. The molecule has 0 saturated heterocycles. The van der Waals surface area contributed by atoms with Gasteiger partial charge in [0.25, 0.3) is 5.91 Å². The second-order valence-electron chi connectivity index (χ2n) is 7.55. The van der Waals surface area contributed by atoms with Crippen molar-refractivity contribution in [2.24, 2.45) is 11.8 Å². The summed E-state index contributed by atoms with van der Waals surface area (Å²) in [6.07, 6.45) is 2.95. The van der Waals surface area contributed by atoms with Gasteiger partial charge in [0, 0.05) is 44.8 Å². The zero-order valence-corrected chi connectivity index (χ0v) is 16.4. The minimum Gasteiger partial charge on any atom is -0.384 e. The van der Waals surface area contributed by atoms with Gasteiger partial charge in [-0.15, -0.1) is 0 Å². The third-order valence-electron chi connectivity index (χ3n) is 5.15. The number of aromatic nitrogens is 1. The molecule has 148 valence electrons. The van der Waals surface area contributed by atoms with Crippen LogP contribution in [0.25, 0.3) is 5.52 Å². The summed E-state index contributed by atoms with van der Waals surface area (Å²) < 4.78 is 34.6. The van der Waals surface area contributed by atoms with Crippen LogP contribution in [0.5, 0.6) is 0 Å². The molecule has 1 aliphatic carbocycles. The average molecular weight is 399 g/mol. The SMILES string of the molecule is COCCc1cc(C(=O)NCC2CC(C)CC(F)(F)C2)c2c(Cl)cccn12. The van der Waals surface area contributed by atoms with Crippen molar-refractivity contribution < 1.29 is 18.3 Å². The van der Waals surface area contributed by atoms with Gasteiger partial charge >= 0.3 is 0 Å². The van der Waals surface area contributed by atoms with Crippen LogP contribution in [0.2, 0.25) is 5.02 Å². The first kappa shape index (κ1) is 20.1. The number of fused-ring (bicyclic) bond motifs is 1. The highest BCUT2D eigenvalue weighted by atomic mass is 35.5. The molecular formula is C20H25ClF2N2O2.